The first kappa shape index (κ1) is 18.1. The minimum absolute atomic E-state index is 0. The summed E-state index contributed by atoms with van der Waals surface area (Å²) in [6.07, 6.45) is 5.37. The molecule has 1 N–H and O–H groups in total. The Morgan fingerprint density at radius 1 is 1.00 bits per heavy atom. The molecule has 0 spiro atoms. The molecule has 0 aromatic heterocycles. The lowest BCUT2D eigenvalue weighted by atomic mass is 10.2. The molecule has 1 saturated carbocycles. The van der Waals surface area contributed by atoms with Crippen LogP contribution in [-0.2, 0) is 13.2 Å². The molecule has 1 aliphatic carbocycles. The Morgan fingerprint density at radius 2 is 1.70 bits per heavy atom. The molecule has 0 saturated heterocycles. The third-order valence-electron chi connectivity index (χ3n) is 4.23. The van der Waals surface area contributed by atoms with Gasteiger partial charge in [0.2, 0.25) is 0 Å². The zero-order chi connectivity index (χ0) is 15.2. The predicted octanol–water partition coefficient (Wildman–Crippen LogP) is 5.37. The van der Waals surface area contributed by atoms with Gasteiger partial charge in [0, 0.05) is 23.2 Å². The number of halogens is 2. The fraction of sp³-hybridized carbons (Fsp3) is 0.368. The largest absolute Gasteiger partial charge is 0.489 e. The van der Waals surface area contributed by atoms with Gasteiger partial charge in [-0.05, 0) is 36.6 Å². The number of nitrogens with one attached hydrogen (secondary N) is 1. The molecule has 2 nitrogen and oxygen atoms in total. The first-order valence-corrected chi connectivity index (χ1v) is 8.37. The lowest BCUT2D eigenvalue weighted by Crippen LogP contribution is -2.25. The third-order valence-corrected chi connectivity index (χ3v) is 4.59. The summed E-state index contributed by atoms with van der Waals surface area (Å²) in [5, 5.41) is 4.37. The van der Waals surface area contributed by atoms with Crippen LogP contribution in [0.4, 0.5) is 0 Å². The summed E-state index contributed by atoms with van der Waals surface area (Å²) < 4.78 is 5.80. The van der Waals surface area contributed by atoms with Crippen LogP contribution in [0, 0.1) is 0 Å². The molecule has 0 unspecified atom stereocenters. The fourth-order valence-corrected chi connectivity index (χ4v) is 3.06. The average Bonchev–Trinajstić information content (AvgIpc) is 3.07. The van der Waals surface area contributed by atoms with E-state index in [4.69, 9.17) is 16.3 Å². The molecule has 0 aliphatic heterocycles. The molecule has 0 amide bonds. The molecular weight excluding hydrogens is 329 g/mol. The van der Waals surface area contributed by atoms with E-state index >= 15 is 0 Å². The summed E-state index contributed by atoms with van der Waals surface area (Å²) in [5.41, 5.74) is 2.31. The van der Waals surface area contributed by atoms with E-state index in [1.54, 1.807) is 0 Å². The van der Waals surface area contributed by atoms with Crippen LogP contribution in [0.25, 0.3) is 0 Å². The van der Waals surface area contributed by atoms with Crippen molar-refractivity contribution in [2.45, 2.75) is 44.9 Å². The summed E-state index contributed by atoms with van der Waals surface area (Å²) in [6.45, 7) is 1.44. The Labute approximate surface area is 149 Å². The molecule has 2 aromatic rings. The molecule has 2 aromatic carbocycles. The predicted molar refractivity (Wildman–Crippen MR) is 98.6 cm³/mol. The van der Waals surface area contributed by atoms with Crippen LogP contribution in [0.2, 0.25) is 5.02 Å². The van der Waals surface area contributed by atoms with Gasteiger partial charge in [0.1, 0.15) is 12.4 Å². The lowest BCUT2D eigenvalue weighted by molar-refractivity contribution is 0.306. The highest BCUT2D eigenvalue weighted by atomic mass is 35.5. The molecule has 1 aliphatic rings. The SMILES string of the molecule is Cl.Clc1ccccc1COc1ccc(CNC2CCCC2)cc1. The normalized spacial score (nSPS) is 14.5. The highest BCUT2D eigenvalue weighted by molar-refractivity contribution is 6.31. The Kier molecular flexibility index (Phi) is 7.22. The van der Waals surface area contributed by atoms with Gasteiger partial charge in [0.25, 0.3) is 0 Å². The molecule has 0 atom stereocenters. The molecule has 0 radical (unpaired) electrons. The smallest absolute Gasteiger partial charge is 0.119 e. The van der Waals surface area contributed by atoms with Crippen LogP contribution in [0.15, 0.2) is 48.5 Å². The van der Waals surface area contributed by atoms with Crippen molar-refractivity contribution in [3.63, 3.8) is 0 Å². The summed E-state index contributed by atoms with van der Waals surface area (Å²) in [5.74, 6) is 0.879. The van der Waals surface area contributed by atoms with Crippen molar-refractivity contribution >= 4 is 24.0 Å². The second kappa shape index (κ2) is 9.17. The molecule has 0 heterocycles. The summed E-state index contributed by atoms with van der Waals surface area (Å²) in [6, 6.07) is 16.8. The van der Waals surface area contributed by atoms with Crippen LogP contribution >= 0.6 is 24.0 Å². The maximum Gasteiger partial charge on any atom is 0.119 e. The van der Waals surface area contributed by atoms with E-state index in [1.165, 1.54) is 31.2 Å². The number of benzene rings is 2. The second-order valence-corrected chi connectivity index (χ2v) is 6.29. The van der Waals surface area contributed by atoms with E-state index < -0.39 is 0 Å². The zero-order valence-electron chi connectivity index (χ0n) is 13.1. The summed E-state index contributed by atoms with van der Waals surface area (Å²) >= 11 is 6.13. The summed E-state index contributed by atoms with van der Waals surface area (Å²) in [4.78, 5) is 0. The standard InChI is InChI=1S/C19H22ClNO.ClH/c20-19-8-4-1-5-16(19)14-22-18-11-9-15(10-12-18)13-21-17-6-2-3-7-17;/h1,4-5,8-12,17,21H,2-3,6-7,13-14H2;1H. The number of hydrogen-bond acceptors (Lipinski definition) is 2. The van der Waals surface area contributed by atoms with Crippen LogP contribution in [0.1, 0.15) is 36.8 Å². The van der Waals surface area contributed by atoms with Gasteiger partial charge < -0.3 is 10.1 Å². The van der Waals surface area contributed by atoms with Gasteiger partial charge in [-0.3, -0.25) is 0 Å². The van der Waals surface area contributed by atoms with E-state index in [2.05, 4.69) is 17.4 Å². The third kappa shape index (κ3) is 5.42. The molecule has 23 heavy (non-hydrogen) atoms. The Morgan fingerprint density at radius 3 is 2.39 bits per heavy atom. The van der Waals surface area contributed by atoms with Crippen LogP contribution in [0.3, 0.4) is 0 Å². The van der Waals surface area contributed by atoms with Crippen LogP contribution in [-0.4, -0.2) is 6.04 Å². The van der Waals surface area contributed by atoms with Crippen molar-refractivity contribution in [1.29, 1.82) is 0 Å². The second-order valence-electron chi connectivity index (χ2n) is 5.89. The van der Waals surface area contributed by atoms with Gasteiger partial charge in [0.15, 0.2) is 0 Å². The molecule has 3 rings (SSSR count). The number of ether oxygens (including phenoxy) is 1. The Balaban J connectivity index is 0.00000192. The maximum absolute atomic E-state index is 6.13. The average molecular weight is 352 g/mol. The van der Waals surface area contributed by atoms with Gasteiger partial charge in [-0.25, -0.2) is 0 Å². The number of rotatable bonds is 6. The maximum atomic E-state index is 6.13. The molecule has 0 bridgehead atoms. The van der Waals surface area contributed by atoms with E-state index in [9.17, 15) is 0 Å². The minimum Gasteiger partial charge on any atom is -0.489 e. The van der Waals surface area contributed by atoms with Gasteiger partial charge >= 0.3 is 0 Å². The highest BCUT2D eigenvalue weighted by Gasteiger charge is 2.13. The topological polar surface area (TPSA) is 21.3 Å². The first-order valence-electron chi connectivity index (χ1n) is 8.00. The number of hydrogen-bond donors (Lipinski definition) is 1. The Bertz CT molecular complexity index is 595. The van der Waals surface area contributed by atoms with Crippen molar-refractivity contribution in [3.05, 3.63) is 64.7 Å². The van der Waals surface area contributed by atoms with E-state index in [-0.39, 0.29) is 12.4 Å². The quantitative estimate of drug-likeness (QED) is 0.754. The zero-order valence-corrected chi connectivity index (χ0v) is 14.7. The van der Waals surface area contributed by atoms with Gasteiger partial charge in [-0.15, -0.1) is 12.4 Å². The minimum atomic E-state index is 0. The van der Waals surface area contributed by atoms with Crippen molar-refractivity contribution in [3.8, 4) is 5.75 Å². The van der Waals surface area contributed by atoms with Crippen molar-refractivity contribution in [1.82, 2.24) is 5.32 Å². The van der Waals surface area contributed by atoms with Crippen molar-refractivity contribution < 1.29 is 4.74 Å². The van der Waals surface area contributed by atoms with Crippen LogP contribution < -0.4 is 10.1 Å². The highest BCUT2D eigenvalue weighted by Crippen LogP contribution is 2.20. The van der Waals surface area contributed by atoms with Crippen molar-refractivity contribution in [2.24, 2.45) is 0 Å². The monoisotopic (exact) mass is 351 g/mol. The Hall–Kier alpha value is -1.22. The molecule has 1 fully saturated rings. The van der Waals surface area contributed by atoms with E-state index in [0.29, 0.717) is 12.6 Å². The van der Waals surface area contributed by atoms with E-state index in [0.717, 1.165) is 22.9 Å². The van der Waals surface area contributed by atoms with Gasteiger partial charge in [0.05, 0.1) is 0 Å². The van der Waals surface area contributed by atoms with E-state index in [1.807, 2.05) is 36.4 Å². The van der Waals surface area contributed by atoms with Gasteiger partial charge in [-0.2, -0.15) is 0 Å². The molecular formula is C19H23Cl2NO. The van der Waals surface area contributed by atoms with Crippen LogP contribution in [0.5, 0.6) is 5.75 Å². The lowest BCUT2D eigenvalue weighted by Gasteiger charge is -2.12. The fourth-order valence-electron chi connectivity index (χ4n) is 2.87. The molecule has 4 heteroatoms. The first-order chi connectivity index (χ1) is 10.8. The van der Waals surface area contributed by atoms with Crippen molar-refractivity contribution in [2.75, 3.05) is 0 Å². The van der Waals surface area contributed by atoms with Gasteiger partial charge in [-0.1, -0.05) is 54.8 Å². The molecule has 124 valence electrons. The summed E-state index contributed by atoms with van der Waals surface area (Å²) in [7, 11) is 0.